The number of hydrogen-bond donors (Lipinski definition) is 1. The van der Waals surface area contributed by atoms with E-state index in [1.165, 1.54) is 24.3 Å². The molecule has 3 rings (SSSR count). The Morgan fingerprint density at radius 3 is 2.43 bits per heavy atom. The molecule has 0 saturated carbocycles. The van der Waals surface area contributed by atoms with E-state index >= 15 is 0 Å². The van der Waals surface area contributed by atoms with Crippen molar-refractivity contribution in [2.45, 2.75) is 19.5 Å². The van der Waals surface area contributed by atoms with Gasteiger partial charge >= 0.3 is 6.18 Å². The van der Waals surface area contributed by atoms with Gasteiger partial charge < -0.3 is 5.32 Å². The molecule has 30 heavy (non-hydrogen) atoms. The van der Waals surface area contributed by atoms with Crippen LogP contribution < -0.4 is 10.9 Å². The molecule has 0 aliphatic carbocycles. The average molecular weight is 479 g/mol. The molecule has 0 bridgehead atoms. The van der Waals surface area contributed by atoms with Crippen molar-refractivity contribution < 1.29 is 18.0 Å². The number of nitrogens with zero attached hydrogens (tertiary/aromatic N) is 1. The quantitative estimate of drug-likeness (QED) is 0.566. The van der Waals surface area contributed by atoms with Gasteiger partial charge in [-0.05, 0) is 61.4 Å². The van der Waals surface area contributed by atoms with E-state index in [1.54, 1.807) is 6.92 Å². The number of alkyl halides is 3. The average Bonchev–Trinajstić information content (AvgIpc) is 2.69. The van der Waals surface area contributed by atoms with Crippen molar-refractivity contribution >= 4 is 21.8 Å². The van der Waals surface area contributed by atoms with E-state index in [2.05, 4.69) is 21.2 Å². The first-order valence-corrected chi connectivity index (χ1v) is 9.89. The summed E-state index contributed by atoms with van der Waals surface area (Å²) in [7, 11) is 0. The maximum Gasteiger partial charge on any atom is 0.416 e. The highest BCUT2D eigenvalue weighted by atomic mass is 79.9. The topological polar surface area (TPSA) is 51.1 Å². The number of amides is 1. The Morgan fingerprint density at radius 1 is 1.07 bits per heavy atom. The minimum Gasteiger partial charge on any atom is -0.352 e. The Morgan fingerprint density at radius 2 is 1.77 bits per heavy atom. The molecule has 0 radical (unpaired) electrons. The summed E-state index contributed by atoms with van der Waals surface area (Å²) in [6.07, 6.45) is -3.96. The zero-order valence-electron chi connectivity index (χ0n) is 16.0. The Balaban J connectivity index is 1.83. The second-order valence-corrected chi connectivity index (χ2v) is 7.63. The highest BCUT2D eigenvalue weighted by Crippen LogP contribution is 2.30. The molecule has 0 aliphatic heterocycles. The number of nitrogens with one attached hydrogen (secondary N) is 1. The molecule has 0 saturated heterocycles. The molecule has 156 valence electrons. The van der Waals surface area contributed by atoms with Crippen LogP contribution in [0.2, 0.25) is 0 Å². The number of aryl methyl sites for hydroxylation is 1. The van der Waals surface area contributed by atoms with Gasteiger partial charge in [-0.1, -0.05) is 34.1 Å². The number of hydrogen-bond acceptors (Lipinski definition) is 2. The molecule has 3 aromatic rings. The van der Waals surface area contributed by atoms with Gasteiger partial charge in [0.15, 0.2) is 0 Å². The smallest absolute Gasteiger partial charge is 0.352 e. The summed E-state index contributed by atoms with van der Waals surface area (Å²) in [5.41, 5.74) is -0.175. The number of pyridine rings is 1. The molecule has 0 spiro atoms. The molecule has 0 fully saturated rings. The van der Waals surface area contributed by atoms with Gasteiger partial charge in [-0.3, -0.25) is 14.2 Å². The van der Waals surface area contributed by atoms with Crippen LogP contribution in [-0.2, 0) is 12.6 Å². The highest BCUT2D eigenvalue weighted by Gasteiger charge is 2.30. The van der Waals surface area contributed by atoms with Gasteiger partial charge in [0.05, 0.1) is 5.56 Å². The number of carbonyl (C=O) groups is 1. The summed E-state index contributed by atoms with van der Waals surface area (Å²) >= 11 is 3.35. The van der Waals surface area contributed by atoms with Crippen LogP contribution in [0, 0.1) is 6.92 Å². The lowest BCUT2D eigenvalue weighted by atomic mass is 10.1. The Kier molecular flexibility index (Phi) is 6.45. The van der Waals surface area contributed by atoms with Crippen LogP contribution in [0.1, 0.15) is 27.2 Å². The zero-order chi connectivity index (χ0) is 21.9. The first-order valence-electron chi connectivity index (χ1n) is 9.10. The second-order valence-electron chi connectivity index (χ2n) is 6.71. The van der Waals surface area contributed by atoms with Gasteiger partial charge in [-0.15, -0.1) is 0 Å². The monoisotopic (exact) mass is 478 g/mol. The molecular formula is C22H18BrF3N2O2. The predicted molar refractivity (Wildman–Crippen MR) is 112 cm³/mol. The van der Waals surface area contributed by atoms with Crippen LogP contribution in [0.15, 0.2) is 69.9 Å². The summed E-state index contributed by atoms with van der Waals surface area (Å²) in [6.45, 7) is 1.91. The second kappa shape index (κ2) is 8.87. The lowest BCUT2D eigenvalue weighted by Crippen LogP contribution is -2.34. The Labute approximate surface area is 179 Å². The summed E-state index contributed by atoms with van der Waals surface area (Å²) in [6, 6.07) is 15.0. The molecule has 0 atom stereocenters. The zero-order valence-corrected chi connectivity index (χ0v) is 17.5. The van der Waals surface area contributed by atoms with Crippen LogP contribution >= 0.6 is 15.9 Å². The minimum atomic E-state index is -4.53. The maximum absolute atomic E-state index is 13.0. The number of benzene rings is 2. The van der Waals surface area contributed by atoms with Crippen molar-refractivity contribution in [2.75, 3.05) is 6.54 Å². The van der Waals surface area contributed by atoms with Crippen molar-refractivity contribution in [2.24, 2.45) is 0 Å². The molecule has 0 aliphatic rings. The number of carbonyl (C=O) groups excluding carboxylic acids is 1. The largest absolute Gasteiger partial charge is 0.416 e. The lowest BCUT2D eigenvalue weighted by molar-refractivity contribution is -0.137. The van der Waals surface area contributed by atoms with Crippen molar-refractivity contribution in [1.82, 2.24) is 9.88 Å². The van der Waals surface area contributed by atoms with Crippen molar-refractivity contribution in [1.29, 1.82) is 0 Å². The fraction of sp³-hybridized carbons (Fsp3) is 0.182. The fourth-order valence-electron chi connectivity index (χ4n) is 3.01. The Bertz CT molecular complexity index is 1120. The summed E-state index contributed by atoms with van der Waals surface area (Å²) < 4.78 is 41.2. The van der Waals surface area contributed by atoms with E-state index < -0.39 is 23.2 Å². The van der Waals surface area contributed by atoms with Crippen molar-refractivity contribution in [3.63, 3.8) is 0 Å². The van der Waals surface area contributed by atoms with E-state index in [9.17, 15) is 22.8 Å². The van der Waals surface area contributed by atoms with Gasteiger partial charge in [0.2, 0.25) is 0 Å². The van der Waals surface area contributed by atoms with Crippen molar-refractivity contribution in [3.05, 3.63) is 97.9 Å². The van der Waals surface area contributed by atoms with E-state index in [1.807, 2.05) is 24.3 Å². The molecule has 1 aromatic heterocycles. The Hall–Kier alpha value is -2.87. The summed E-state index contributed by atoms with van der Waals surface area (Å²) in [5.74, 6) is -0.571. The van der Waals surface area contributed by atoms with Gasteiger partial charge in [0.1, 0.15) is 5.56 Å². The third kappa shape index (κ3) is 4.99. The van der Waals surface area contributed by atoms with Gasteiger partial charge in [0.25, 0.3) is 11.5 Å². The first-order chi connectivity index (χ1) is 14.2. The summed E-state index contributed by atoms with van der Waals surface area (Å²) in [5, 5.41) is 2.69. The van der Waals surface area contributed by atoms with Gasteiger partial charge in [-0.25, -0.2) is 0 Å². The molecule has 1 heterocycles. The van der Waals surface area contributed by atoms with Crippen molar-refractivity contribution in [3.8, 4) is 5.69 Å². The highest BCUT2D eigenvalue weighted by molar-refractivity contribution is 9.10. The van der Waals surface area contributed by atoms with Crippen LogP contribution in [0.4, 0.5) is 13.2 Å². The number of aromatic nitrogens is 1. The molecule has 8 heteroatoms. The van der Waals surface area contributed by atoms with Gasteiger partial charge in [-0.2, -0.15) is 13.2 Å². The predicted octanol–water partition coefficient (Wildman–Crippen LogP) is 4.90. The summed E-state index contributed by atoms with van der Waals surface area (Å²) in [4.78, 5) is 25.4. The van der Waals surface area contributed by atoms with Gasteiger partial charge in [0, 0.05) is 22.4 Å². The third-order valence-electron chi connectivity index (χ3n) is 4.57. The van der Waals surface area contributed by atoms with E-state index in [0.717, 1.165) is 26.7 Å². The van der Waals surface area contributed by atoms with Crippen LogP contribution in [0.3, 0.4) is 0 Å². The SMILES string of the molecule is Cc1ccc(C(=O)NCCc2ccc(Br)cc2)c(=O)n1-c1cccc(C(F)(F)F)c1. The molecular weight excluding hydrogens is 461 g/mol. The van der Waals surface area contributed by atoms with E-state index in [0.29, 0.717) is 18.7 Å². The van der Waals surface area contributed by atoms with E-state index in [4.69, 9.17) is 0 Å². The third-order valence-corrected chi connectivity index (χ3v) is 5.09. The fourth-order valence-corrected chi connectivity index (χ4v) is 3.28. The van der Waals surface area contributed by atoms with E-state index in [-0.39, 0.29) is 11.3 Å². The van der Waals surface area contributed by atoms with Crippen LogP contribution in [0.25, 0.3) is 5.69 Å². The molecule has 4 nitrogen and oxygen atoms in total. The molecule has 2 aromatic carbocycles. The first kappa shape index (κ1) is 21.8. The minimum absolute atomic E-state index is 0.0526. The standard InChI is InChI=1S/C22H18BrF3N2O2/c1-14-5-10-19(20(29)27-12-11-15-6-8-17(23)9-7-15)21(30)28(14)18-4-2-3-16(13-18)22(24,25)26/h2-10,13H,11-12H2,1H3,(H,27,29). The molecule has 1 amide bonds. The lowest BCUT2D eigenvalue weighted by Gasteiger charge is -2.14. The number of halogens is 4. The van der Waals surface area contributed by atoms with Crippen LogP contribution in [-0.4, -0.2) is 17.0 Å². The number of rotatable bonds is 5. The maximum atomic E-state index is 13.0. The van der Waals surface area contributed by atoms with Crippen LogP contribution in [0.5, 0.6) is 0 Å². The molecule has 0 unspecified atom stereocenters. The normalized spacial score (nSPS) is 11.4. The molecule has 1 N–H and O–H groups in total.